The Morgan fingerprint density at radius 1 is 1.12 bits per heavy atom. The second-order valence-corrected chi connectivity index (χ2v) is 8.69. The molecule has 3 aromatic rings. The molecular weight excluding hydrogens is 445 g/mol. The number of hydrogen-bond acceptors (Lipinski definition) is 5. The number of fused-ring (bicyclic) bond motifs is 1. The van der Waals surface area contributed by atoms with Crippen LogP contribution < -0.4 is 9.64 Å². The smallest absolute Gasteiger partial charge is 0.258 e. The first kappa shape index (κ1) is 23.8. The standard InChI is InChI=1S/C25H27F3N4O2/c1-4-32(25(33)15(2)3)18-9-10-31(13-18)23-24(34-14-16-5-7-17(26)8-6-16)30-22-12-20(28)19(27)11-21(22)29-23/h5-8,11-12,15,18H,4,9-10,13-14H2,1-3H3/t18-/m0/s1. The molecule has 34 heavy (non-hydrogen) atoms. The van der Waals surface area contributed by atoms with Crippen molar-refractivity contribution in [3.8, 4) is 5.88 Å². The van der Waals surface area contributed by atoms with Gasteiger partial charge in [0.2, 0.25) is 5.91 Å². The normalized spacial score (nSPS) is 15.9. The van der Waals surface area contributed by atoms with Gasteiger partial charge in [0.25, 0.3) is 5.88 Å². The summed E-state index contributed by atoms with van der Waals surface area (Å²) in [5.74, 6) is -1.84. The third kappa shape index (κ3) is 4.93. The number of nitrogens with zero attached hydrogens (tertiary/aromatic N) is 4. The van der Waals surface area contributed by atoms with Crippen molar-refractivity contribution >= 4 is 22.8 Å². The van der Waals surface area contributed by atoms with Gasteiger partial charge in [0.1, 0.15) is 12.4 Å². The molecule has 0 spiro atoms. The van der Waals surface area contributed by atoms with Crippen LogP contribution in [-0.4, -0.2) is 46.5 Å². The Morgan fingerprint density at radius 3 is 2.38 bits per heavy atom. The van der Waals surface area contributed by atoms with Crippen molar-refractivity contribution in [1.29, 1.82) is 0 Å². The molecule has 2 aromatic carbocycles. The summed E-state index contributed by atoms with van der Waals surface area (Å²) in [4.78, 5) is 25.4. The molecule has 9 heteroatoms. The molecule has 1 atom stereocenters. The molecule has 1 aromatic heterocycles. The fraction of sp³-hybridized carbons (Fsp3) is 0.400. The van der Waals surface area contributed by atoms with E-state index in [9.17, 15) is 18.0 Å². The summed E-state index contributed by atoms with van der Waals surface area (Å²) < 4.78 is 46.9. The number of anilines is 1. The highest BCUT2D eigenvalue weighted by molar-refractivity contribution is 5.79. The summed E-state index contributed by atoms with van der Waals surface area (Å²) in [5.41, 5.74) is 1.09. The van der Waals surface area contributed by atoms with E-state index in [-0.39, 0.29) is 47.2 Å². The molecular formula is C25H27F3N4O2. The molecule has 1 aliphatic rings. The Hall–Kier alpha value is -3.36. The van der Waals surface area contributed by atoms with E-state index < -0.39 is 11.6 Å². The predicted molar refractivity (Wildman–Crippen MR) is 123 cm³/mol. The summed E-state index contributed by atoms with van der Waals surface area (Å²) in [6, 6.07) is 7.85. The van der Waals surface area contributed by atoms with E-state index in [1.807, 2.05) is 30.6 Å². The van der Waals surface area contributed by atoms with E-state index in [1.54, 1.807) is 12.1 Å². The van der Waals surface area contributed by atoms with E-state index in [0.29, 0.717) is 25.5 Å². The summed E-state index contributed by atoms with van der Waals surface area (Å²) in [6.07, 6.45) is 0.737. The molecule has 1 saturated heterocycles. The summed E-state index contributed by atoms with van der Waals surface area (Å²) in [5, 5.41) is 0. The maximum atomic E-state index is 13.9. The fourth-order valence-electron chi connectivity index (χ4n) is 4.18. The highest BCUT2D eigenvalue weighted by Crippen LogP contribution is 2.32. The maximum absolute atomic E-state index is 13.9. The van der Waals surface area contributed by atoms with Gasteiger partial charge in [-0.15, -0.1) is 0 Å². The number of amides is 1. The average Bonchev–Trinajstić information content (AvgIpc) is 3.29. The fourth-order valence-corrected chi connectivity index (χ4v) is 4.18. The third-order valence-corrected chi connectivity index (χ3v) is 5.97. The highest BCUT2D eigenvalue weighted by atomic mass is 19.2. The van der Waals surface area contributed by atoms with Gasteiger partial charge >= 0.3 is 0 Å². The number of likely N-dealkylation sites (N-methyl/N-ethyl adjacent to an activating group) is 1. The van der Waals surface area contributed by atoms with Gasteiger partial charge in [-0.1, -0.05) is 26.0 Å². The second-order valence-electron chi connectivity index (χ2n) is 8.69. The van der Waals surface area contributed by atoms with Crippen molar-refractivity contribution in [1.82, 2.24) is 14.9 Å². The number of carbonyl (C=O) groups is 1. The van der Waals surface area contributed by atoms with Gasteiger partial charge in [-0.25, -0.2) is 23.1 Å². The van der Waals surface area contributed by atoms with Gasteiger partial charge in [0.15, 0.2) is 17.5 Å². The zero-order valence-corrected chi connectivity index (χ0v) is 19.4. The molecule has 6 nitrogen and oxygen atoms in total. The van der Waals surface area contributed by atoms with E-state index >= 15 is 0 Å². The van der Waals surface area contributed by atoms with Crippen LogP contribution in [-0.2, 0) is 11.4 Å². The average molecular weight is 473 g/mol. The maximum Gasteiger partial charge on any atom is 0.258 e. The lowest BCUT2D eigenvalue weighted by Crippen LogP contribution is -2.43. The van der Waals surface area contributed by atoms with Crippen LogP contribution in [0.15, 0.2) is 36.4 Å². The van der Waals surface area contributed by atoms with Gasteiger partial charge in [-0.3, -0.25) is 4.79 Å². The number of hydrogen-bond donors (Lipinski definition) is 0. The molecule has 1 aliphatic heterocycles. The van der Waals surface area contributed by atoms with Crippen LogP contribution in [0, 0.1) is 23.4 Å². The molecule has 0 radical (unpaired) electrons. The first-order valence-corrected chi connectivity index (χ1v) is 11.4. The molecule has 1 amide bonds. The van der Waals surface area contributed by atoms with Crippen molar-refractivity contribution in [3.63, 3.8) is 0 Å². The molecule has 4 rings (SSSR count). The molecule has 2 heterocycles. The van der Waals surface area contributed by atoms with E-state index in [2.05, 4.69) is 9.97 Å². The molecule has 0 aliphatic carbocycles. The lowest BCUT2D eigenvalue weighted by molar-refractivity contribution is -0.136. The van der Waals surface area contributed by atoms with Crippen molar-refractivity contribution < 1.29 is 22.7 Å². The van der Waals surface area contributed by atoms with E-state index in [1.165, 1.54) is 12.1 Å². The summed E-state index contributed by atoms with van der Waals surface area (Å²) in [6.45, 7) is 7.52. The van der Waals surface area contributed by atoms with Gasteiger partial charge in [0.05, 0.1) is 17.1 Å². The molecule has 1 fully saturated rings. The van der Waals surface area contributed by atoms with Crippen molar-refractivity contribution in [3.05, 3.63) is 59.4 Å². The SMILES string of the molecule is CCN(C(=O)C(C)C)[C@H]1CCN(c2nc3cc(F)c(F)cc3nc2OCc2ccc(F)cc2)C1. The lowest BCUT2D eigenvalue weighted by atomic mass is 10.1. The number of carbonyl (C=O) groups excluding carboxylic acids is 1. The monoisotopic (exact) mass is 472 g/mol. The van der Waals surface area contributed by atoms with Crippen LogP contribution in [0.4, 0.5) is 19.0 Å². The zero-order chi connectivity index (χ0) is 24.4. The number of benzene rings is 2. The number of rotatable bonds is 7. The van der Waals surface area contributed by atoms with Crippen LogP contribution in [0.1, 0.15) is 32.8 Å². The Balaban J connectivity index is 1.65. The number of ether oxygens (including phenoxy) is 1. The lowest BCUT2D eigenvalue weighted by Gasteiger charge is -2.29. The molecule has 0 bridgehead atoms. The van der Waals surface area contributed by atoms with E-state index in [4.69, 9.17) is 4.74 Å². The first-order chi connectivity index (χ1) is 16.3. The van der Waals surface area contributed by atoms with Crippen LogP contribution in [0.2, 0.25) is 0 Å². The van der Waals surface area contributed by atoms with Gasteiger partial charge in [-0.2, -0.15) is 0 Å². The first-order valence-electron chi connectivity index (χ1n) is 11.4. The molecule has 0 saturated carbocycles. The Labute approximate surface area is 196 Å². The zero-order valence-electron chi connectivity index (χ0n) is 19.4. The quantitative estimate of drug-likeness (QED) is 0.499. The molecule has 180 valence electrons. The predicted octanol–water partition coefficient (Wildman–Crippen LogP) is 4.71. The molecule has 0 N–H and O–H groups in total. The van der Waals surface area contributed by atoms with Crippen LogP contribution in [0.25, 0.3) is 11.0 Å². The minimum atomic E-state index is -1.02. The van der Waals surface area contributed by atoms with Crippen LogP contribution >= 0.6 is 0 Å². The summed E-state index contributed by atoms with van der Waals surface area (Å²) in [7, 11) is 0. The van der Waals surface area contributed by atoms with Gasteiger partial charge < -0.3 is 14.5 Å². The van der Waals surface area contributed by atoms with Crippen molar-refractivity contribution in [2.75, 3.05) is 24.5 Å². The second kappa shape index (κ2) is 9.87. The Morgan fingerprint density at radius 2 is 1.76 bits per heavy atom. The molecule has 0 unspecified atom stereocenters. The minimum absolute atomic E-state index is 0.00713. The van der Waals surface area contributed by atoms with Crippen LogP contribution in [0.3, 0.4) is 0 Å². The van der Waals surface area contributed by atoms with Crippen LogP contribution in [0.5, 0.6) is 5.88 Å². The Bertz CT molecular complexity index is 1190. The number of aromatic nitrogens is 2. The topological polar surface area (TPSA) is 58.6 Å². The van der Waals surface area contributed by atoms with Crippen molar-refractivity contribution in [2.45, 2.75) is 39.8 Å². The highest BCUT2D eigenvalue weighted by Gasteiger charge is 2.33. The van der Waals surface area contributed by atoms with Gasteiger partial charge in [-0.05, 0) is 31.0 Å². The third-order valence-electron chi connectivity index (χ3n) is 5.97. The van der Waals surface area contributed by atoms with Gasteiger partial charge in [0, 0.05) is 37.7 Å². The Kier molecular flexibility index (Phi) is 6.90. The van der Waals surface area contributed by atoms with Crippen molar-refractivity contribution in [2.24, 2.45) is 5.92 Å². The van der Waals surface area contributed by atoms with E-state index in [0.717, 1.165) is 24.1 Å². The summed E-state index contributed by atoms with van der Waals surface area (Å²) >= 11 is 0. The minimum Gasteiger partial charge on any atom is -0.470 e. The largest absolute Gasteiger partial charge is 0.470 e. The number of halogens is 3.